The monoisotopic (exact) mass is 414 g/mol. The molecule has 0 aromatic rings. The van der Waals surface area contributed by atoms with Crippen molar-refractivity contribution >= 4 is 28.6 Å². The quantitative estimate of drug-likeness (QED) is 0.249. The van der Waals surface area contributed by atoms with Crippen molar-refractivity contribution in [3.05, 3.63) is 24.3 Å². The van der Waals surface area contributed by atoms with Crippen LogP contribution in [0.1, 0.15) is 40.5 Å². The molecule has 0 aromatic carbocycles. The van der Waals surface area contributed by atoms with Gasteiger partial charge < -0.3 is 13.6 Å². The van der Waals surface area contributed by atoms with Crippen LogP contribution in [0.25, 0.3) is 0 Å². The fraction of sp³-hybridized carbons (Fsp3) is 0.700. The Hall–Kier alpha value is -1.19. The van der Waals surface area contributed by atoms with Gasteiger partial charge in [-0.15, -0.1) is 0 Å². The Balaban J connectivity index is 4.46. The molecule has 156 valence electrons. The molecule has 0 spiro atoms. The molecule has 0 amide bonds. The van der Waals surface area contributed by atoms with E-state index in [1.807, 2.05) is 13.8 Å². The van der Waals surface area contributed by atoms with Gasteiger partial charge in [0.2, 0.25) is 0 Å². The normalized spacial score (nSPS) is 14.2. The second-order valence-electron chi connectivity index (χ2n) is 8.69. The van der Waals surface area contributed by atoms with Crippen LogP contribution in [-0.4, -0.2) is 40.8 Å². The molecule has 0 aliphatic carbocycles. The van der Waals surface area contributed by atoms with Crippen molar-refractivity contribution in [2.24, 2.45) is 0 Å². The number of esters is 2. The first kappa shape index (κ1) is 25.8. The summed E-state index contributed by atoms with van der Waals surface area (Å²) in [6.07, 6.45) is 1.29. The van der Waals surface area contributed by atoms with E-state index in [0.29, 0.717) is 11.1 Å². The van der Waals surface area contributed by atoms with Crippen LogP contribution >= 0.6 is 0 Å². The highest BCUT2D eigenvalue weighted by molar-refractivity contribution is 6.84. The van der Waals surface area contributed by atoms with Gasteiger partial charge in [0.05, 0.1) is 12.2 Å². The van der Waals surface area contributed by atoms with Gasteiger partial charge in [0.25, 0.3) is 0 Å². The van der Waals surface area contributed by atoms with Crippen molar-refractivity contribution in [1.29, 1.82) is 0 Å². The Morgan fingerprint density at radius 2 is 1.07 bits per heavy atom. The summed E-state index contributed by atoms with van der Waals surface area (Å²) < 4.78 is 17.3. The van der Waals surface area contributed by atoms with Crippen molar-refractivity contribution in [1.82, 2.24) is 0 Å². The Morgan fingerprint density at radius 1 is 0.778 bits per heavy atom. The van der Waals surface area contributed by atoms with E-state index in [-0.39, 0.29) is 24.1 Å². The predicted octanol–water partition coefficient (Wildman–Crippen LogP) is 5.21. The zero-order valence-corrected chi connectivity index (χ0v) is 20.4. The standard InChI is InChI=1S/C20H38O5Si2/c1-15(2)19(21)23-17(5)11-13-26(7,8)25-27(9,10)14-12-18(6)24-20(22)16(3)4/h17-18H,1,3,11-14H2,2,4-10H3. The maximum absolute atomic E-state index is 11.6. The molecule has 2 unspecified atom stereocenters. The highest BCUT2D eigenvalue weighted by Gasteiger charge is 2.33. The van der Waals surface area contributed by atoms with Crippen LogP contribution < -0.4 is 0 Å². The van der Waals surface area contributed by atoms with Crippen LogP contribution in [0, 0.1) is 0 Å². The smallest absolute Gasteiger partial charge is 0.333 e. The largest absolute Gasteiger partial charge is 0.459 e. The molecule has 0 aliphatic rings. The minimum absolute atomic E-state index is 0.143. The third-order valence-electron chi connectivity index (χ3n) is 4.17. The highest BCUT2D eigenvalue weighted by Crippen LogP contribution is 2.26. The van der Waals surface area contributed by atoms with Crippen molar-refractivity contribution in [2.45, 2.75) is 91.0 Å². The van der Waals surface area contributed by atoms with Gasteiger partial charge in [0, 0.05) is 11.1 Å². The van der Waals surface area contributed by atoms with Gasteiger partial charge in [-0.05, 0) is 78.8 Å². The SMILES string of the molecule is C=C(C)C(=O)OC(C)CC[Si](C)(C)O[Si](C)(C)CCC(C)OC(=O)C(=C)C. The molecule has 0 aliphatic heterocycles. The maximum Gasteiger partial charge on any atom is 0.333 e. The van der Waals surface area contributed by atoms with Gasteiger partial charge in [0.15, 0.2) is 16.6 Å². The number of rotatable bonds is 12. The topological polar surface area (TPSA) is 61.8 Å². The summed E-state index contributed by atoms with van der Waals surface area (Å²) in [5.74, 6) is -0.674. The number of hydrogen-bond acceptors (Lipinski definition) is 5. The van der Waals surface area contributed by atoms with Gasteiger partial charge in [0.1, 0.15) is 0 Å². The summed E-state index contributed by atoms with van der Waals surface area (Å²) in [5, 5.41) is 0. The lowest BCUT2D eigenvalue weighted by Crippen LogP contribution is -2.45. The van der Waals surface area contributed by atoms with E-state index >= 15 is 0 Å². The molecule has 0 fully saturated rings. The summed E-state index contributed by atoms with van der Waals surface area (Å²) in [7, 11) is -3.75. The van der Waals surface area contributed by atoms with E-state index in [0.717, 1.165) is 24.9 Å². The summed E-state index contributed by atoms with van der Waals surface area (Å²) >= 11 is 0. The molecule has 27 heavy (non-hydrogen) atoms. The molecule has 7 heteroatoms. The number of ether oxygens (including phenoxy) is 2. The van der Waals surface area contributed by atoms with Crippen LogP contribution in [0.5, 0.6) is 0 Å². The molecule has 0 heterocycles. The van der Waals surface area contributed by atoms with Gasteiger partial charge in [-0.25, -0.2) is 9.59 Å². The first-order valence-corrected chi connectivity index (χ1v) is 15.8. The number of carbonyl (C=O) groups excluding carboxylic acids is 2. The Kier molecular flexibility index (Phi) is 10.5. The fourth-order valence-corrected chi connectivity index (χ4v) is 11.6. The second-order valence-corrected chi connectivity index (χ2v) is 17.5. The molecule has 0 bridgehead atoms. The summed E-state index contributed by atoms with van der Waals surface area (Å²) in [6.45, 7) is 23.2. The lowest BCUT2D eigenvalue weighted by Gasteiger charge is -2.35. The minimum Gasteiger partial charge on any atom is -0.459 e. The van der Waals surface area contributed by atoms with Crippen LogP contribution in [-0.2, 0) is 23.2 Å². The van der Waals surface area contributed by atoms with Crippen LogP contribution in [0.3, 0.4) is 0 Å². The summed E-state index contributed by atoms with van der Waals surface area (Å²) in [5.41, 5.74) is 0.842. The van der Waals surface area contributed by atoms with Crippen molar-refractivity contribution in [3.8, 4) is 0 Å². The van der Waals surface area contributed by atoms with Crippen molar-refractivity contribution in [3.63, 3.8) is 0 Å². The van der Waals surface area contributed by atoms with Gasteiger partial charge in [-0.3, -0.25) is 0 Å². The van der Waals surface area contributed by atoms with E-state index in [1.165, 1.54) is 0 Å². The van der Waals surface area contributed by atoms with Crippen LogP contribution in [0.2, 0.25) is 38.3 Å². The summed E-state index contributed by atoms with van der Waals surface area (Å²) in [6, 6.07) is 1.85. The second kappa shape index (κ2) is 11.0. The molecule has 5 nitrogen and oxygen atoms in total. The van der Waals surface area contributed by atoms with Crippen molar-refractivity contribution < 1.29 is 23.2 Å². The molecule has 0 saturated heterocycles. The van der Waals surface area contributed by atoms with Gasteiger partial charge in [-0.1, -0.05) is 13.2 Å². The maximum atomic E-state index is 11.6. The first-order chi connectivity index (χ1) is 12.1. The summed E-state index contributed by atoms with van der Waals surface area (Å²) in [4.78, 5) is 23.2. The average Bonchev–Trinajstić information content (AvgIpc) is 2.50. The fourth-order valence-electron chi connectivity index (χ4n) is 2.64. The number of carbonyl (C=O) groups is 2. The van der Waals surface area contributed by atoms with E-state index in [1.54, 1.807) is 13.8 Å². The lowest BCUT2D eigenvalue weighted by molar-refractivity contribution is -0.144. The molecular formula is C20H38O5Si2. The third kappa shape index (κ3) is 12.0. The Labute approximate surface area is 167 Å². The molecule has 0 N–H and O–H groups in total. The predicted molar refractivity (Wildman–Crippen MR) is 116 cm³/mol. The Bertz CT molecular complexity index is 507. The van der Waals surface area contributed by atoms with E-state index in [9.17, 15) is 9.59 Å². The molecular weight excluding hydrogens is 376 g/mol. The highest BCUT2D eigenvalue weighted by atomic mass is 28.4. The van der Waals surface area contributed by atoms with Crippen molar-refractivity contribution in [2.75, 3.05) is 0 Å². The molecule has 0 rings (SSSR count). The molecule has 0 aromatic heterocycles. The molecule has 2 atom stereocenters. The lowest BCUT2D eigenvalue weighted by atomic mass is 10.3. The van der Waals surface area contributed by atoms with Gasteiger partial charge in [-0.2, -0.15) is 0 Å². The molecule has 0 radical (unpaired) electrons. The minimum atomic E-state index is -1.88. The van der Waals surface area contributed by atoms with E-state index in [4.69, 9.17) is 13.6 Å². The van der Waals surface area contributed by atoms with E-state index < -0.39 is 16.6 Å². The zero-order chi connectivity index (χ0) is 21.4. The average molecular weight is 415 g/mol. The Morgan fingerprint density at radius 3 is 1.33 bits per heavy atom. The third-order valence-corrected chi connectivity index (χ3v) is 11.6. The number of hydrogen-bond donors (Lipinski definition) is 0. The van der Waals surface area contributed by atoms with Crippen LogP contribution in [0.4, 0.5) is 0 Å². The van der Waals surface area contributed by atoms with E-state index in [2.05, 4.69) is 39.3 Å². The van der Waals surface area contributed by atoms with Crippen LogP contribution in [0.15, 0.2) is 24.3 Å². The molecule has 0 saturated carbocycles. The first-order valence-electron chi connectivity index (χ1n) is 9.58. The van der Waals surface area contributed by atoms with Gasteiger partial charge >= 0.3 is 11.9 Å². The zero-order valence-electron chi connectivity index (χ0n) is 18.4.